The van der Waals surface area contributed by atoms with Gasteiger partial charge >= 0.3 is 0 Å². The Labute approximate surface area is 200 Å². The zero-order valence-corrected chi connectivity index (χ0v) is 20.1. The normalized spacial score (nSPS) is 29.8. The van der Waals surface area contributed by atoms with Crippen molar-refractivity contribution < 1.29 is 23.9 Å². The lowest BCUT2D eigenvalue weighted by molar-refractivity contribution is -0.254. The minimum atomic E-state index is -0.571. The number of carbonyl (C=O) groups is 3. The van der Waals surface area contributed by atoms with E-state index >= 15 is 0 Å². The van der Waals surface area contributed by atoms with Gasteiger partial charge < -0.3 is 19.7 Å². The molecule has 1 aromatic rings. The van der Waals surface area contributed by atoms with Gasteiger partial charge in [-0.15, -0.1) is 0 Å². The Bertz CT molecular complexity index is 967. The molecule has 1 unspecified atom stereocenters. The van der Waals surface area contributed by atoms with Crippen LogP contribution in [0.4, 0.5) is 0 Å². The maximum Gasteiger partial charge on any atom is 0.255 e. The monoisotopic (exact) mass is 469 g/mol. The molecule has 1 aliphatic carbocycles. The van der Waals surface area contributed by atoms with Gasteiger partial charge in [-0.2, -0.15) is 0 Å². The van der Waals surface area contributed by atoms with Crippen molar-refractivity contribution in [2.75, 3.05) is 13.2 Å². The molecule has 34 heavy (non-hydrogen) atoms. The maximum atomic E-state index is 13.0. The molecule has 1 aromatic carbocycles. The first-order chi connectivity index (χ1) is 16.3. The van der Waals surface area contributed by atoms with E-state index in [2.05, 4.69) is 22.8 Å². The molecule has 0 aromatic heterocycles. The van der Waals surface area contributed by atoms with Crippen LogP contribution in [0, 0.1) is 5.92 Å². The summed E-state index contributed by atoms with van der Waals surface area (Å²) >= 11 is 0. The molecule has 3 atom stereocenters. The molecule has 4 aliphatic rings. The van der Waals surface area contributed by atoms with Crippen LogP contribution in [0.3, 0.4) is 0 Å². The summed E-state index contributed by atoms with van der Waals surface area (Å²) in [4.78, 5) is 38.4. The Kier molecular flexibility index (Phi) is 6.48. The first-order valence-corrected chi connectivity index (χ1v) is 12.6. The third-order valence-corrected chi connectivity index (χ3v) is 7.71. The van der Waals surface area contributed by atoms with Gasteiger partial charge in [-0.1, -0.05) is 25.0 Å². The topological polar surface area (TPSA) is 97.0 Å². The minimum Gasteiger partial charge on any atom is -0.349 e. The van der Waals surface area contributed by atoms with Gasteiger partial charge in [0.1, 0.15) is 6.04 Å². The summed E-state index contributed by atoms with van der Waals surface area (Å²) in [6.07, 6.45) is 6.41. The van der Waals surface area contributed by atoms with Gasteiger partial charge in [0.2, 0.25) is 11.8 Å². The van der Waals surface area contributed by atoms with Crippen LogP contribution in [0.25, 0.3) is 0 Å². The molecule has 1 saturated carbocycles. The van der Waals surface area contributed by atoms with E-state index in [0.717, 1.165) is 18.4 Å². The Morgan fingerprint density at radius 2 is 1.85 bits per heavy atom. The highest BCUT2D eigenvalue weighted by atomic mass is 16.7. The SMILES string of the molecule is CC1(C)OCC(N[C@H]2CCCC[C@@H]2Cc2ccc3c(c2)CN(C2CCC(=O)NC2=O)C3=O)CO1. The molecule has 3 aliphatic heterocycles. The second-order valence-corrected chi connectivity index (χ2v) is 10.6. The van der Waals surface area contributed by atoms with Crippen molar-refractivity contribution in [3.63, 3.8) is 0 Å². The number of piperidine rings is 1. The highest BCUT2D eigenvalue weighted by molar-refractivity contribution is 6.05. The van der Waals surface area contributed by atoms with Crippen LogP contribution >= 0.6 is 0 Å². The first-order valence-electron chi connectivity index (χ1n) is 12.6. The van der Waals surface area contributed by atoms with Gasteiger partial charge in [-0.05, 0) is 62.6 Å². The zero-order valence-electron chi connectivity index (χ0n) is 20.1. The van der Waals surface area contributed by atoms with Gasteiger partial charge in [0, 0.05) is 24.6 Å². The summed E-state index contributed by atoms with van der Waals surface area (Å²) in [5.74, 6) is -0.738. The molecule has 0 bridgehead atoms. The standard InChI is InChI=1S/C26H35N3O5/c1-26(2)33-14-19(15-34-26)27-21-6-4-3-5-17(21)11-16-7-8-20-18(12-16)13-29(25(20)32)22-9-10-23(30)28-24(22)31/h7-8,12,17,19,21-22,27H,3-6,9-11,13-15H2,1-2H3,(H,28,30,31)/t17-,21+,22?/m1/s1. The molecule has 3 fully saturated rings. The van der Waals surface area contributed by atoms with Crippen molar-refractivity contribution in [1.29, 1.82) is 0 Å². The fourth-order valence-corrected chi connectivity index (χ4v) is 5.82. The number of nitrogens with one attached hydrogen (secondary N) is 2. The van der Waals surface area contributed by atoms with Crippen molar-refractivity contribution in [1.82, 2.24) is 15.5 Å². The molecule has 184 valence electrons. The van der Waals surface area contributed by atoms with E-state index in [-0.39, 0.29) is 30.2 Å². The first kappa shape index (κ1) is 23.5. The predicted octanol–water partition coefficient (Wildman–Crippen LogP) is 2.29. The molecule has 2 saturated heterocycles. The molecular weight excluding hydrogens is 434 g/mol. The summed E-state index contributed by atoms with van der Waals surface area (Å²) in [7, 11) is 0. The fraction of sp³-hybridized carbons (Fsp3) is 0.654. The van der Waals surface area contributed by atoms with E-state index < -0.39 is 11.8 Å². The number of fused-ring (bicyclic) bond motifs is 1. The number of amides is 3. The smallest absolute Gasteiger partial charge is 0.255 e. The van der Waals surface area contributed by atoms with Crippen molar-refractivity contribution >= 4 is 17.7 Å². The average Bonchev–Trinajstić information content (AvgIpc) is 3.12. The molecule has 0 radical (unpaired) electrons. The van der Waals surface area contributed by atoms with Crippen LogP contribution in [0.2, 0.25) is 0 Å². The average molecular weight is 470 g/mol. The lowest BCUT2D eigenvalue weighted by Crippen LogP contribution is -2.53. The van der Waals surface area contributed by atoms with Gasteiger partial charge in [0.25, 0.3) is 5.91 Å². The molecule has 5 rings (SSSR count). The van der Waals surface area contributed by atoms with Crippen molar-refractivity contribution in [3.05, 3.63) is 34.9 Å². The quantitative estimate of drug-likeness (QED) is 0.643. The van der Waals surface area contributed by atoms with Crippen LogP contribution in [-0.2, 0) is 32.0 Å². The number of benzene rings is 1. The lowest BCUT2D eigenvalue weighted by atomic mass is 9.80. The van der Waals surface area contributed by atoms with E-state index in [1.54, 1.807) is 4.90 Å². The van der Waals surface area contributed by atoms with Crippen LogP contribution in [0.15, 0.2) is 18.2 Å². The number of hydrogen-bond donors (Lipinski definition) is 2. The van der Waals surface area contributed by atoms with E-state index in [9.17, 15) is 14.4 Å². The summed E-state index contributed by atoms with van der Waals surface area (Å²) in [6, 6.07) is 6.17. The number of nitrogens with zero attached hydrogens (tertiary/aromatic N) is 1. The molecule has 2 N–H and O–H groups in total. The van der Waals surface area contributed by atoms with Crippen LogP contribution in [-0.4, -0.2) is 59.7 Å². The third-order valence-electron chi connectivity index (χ3n) is 7.71. The van der Waals surface area contributed by atoms with Crippen molar-refractivity contribution in [3.8, 4) is 0 Å². The highest BCUT2D eigenvalue weighted by Gasteiger charge is 2.39. The van der Waals surface area contributed by atoms with E-state index in [0.29, 0.717) is 43.7 Å². The zero-order chi connectivity index (χ0) is 23.9. The predicted molar refractivity (Wildman–Crippen MR) is 125 cm³/mol. The molecule has 8 heteroatoms. The number of imide groups is 1. The number of rotatable bonds is 5. The van der Waals surface area contributed by atoms with Crippen LogP contribution in [0.1, 0.15) is 73.9 Å². The van der Waals surface area contributed by atoms with Gasteiger partial charge in [-0.3, -0.25) is 19.7 Å². The summed E-state index contributed by atoms with van der Waals surface area (Å²) in [5.41, 5.74) is 2.88. The largest absolute Gasteiger partial charge is 0.349 e. The Morgan fingerprint density at radius 1 is 1.09 bits per heavy atom. The van der Waals surface area contributed by atoms with Gasteiger partial charge in [0.15, 0.2) is 5.79 Å². The fourth-order valence-electron chi connectivity index (χ4n) is 5.82. The lowest BCUT2D eigenvalue weighted by Gasteiger charge is -2.40. The van der Waals surface area contributed by atoms with E-state index in [4.69, 9.17) is 9.47 Å². The second-order valence-electron chi connectivity index (χ2n) is 10.6. The summed E-state index contributed by atoms with van der Waals surface area (Å²) in [6.45, 7) is 5.65. The highest BCUT2D eigenvalue weighted by Crippen LogP contribution is 2.32. The third kappa shape index (κ3) is 4.90. The molecule has 8 nitrogen and oxygen atoms in total. The molecule has 0 spiro atoms. The Hall–Kier alpha value is -2.29. The van der Waals surface area contributed by atoms with Gasteiger partial charge in [-0.25, -0.2) is 0 Å². The number of carbonyl (C=O) groups excluding carboxylic acids is 3. The Balaban J connectivity index is 1.24. The van der Waals surface area contributed by atoms with Crippen molar-refractivity contribution in [2.24, 2.45) is 5.92 Å². The van der Waals surface area contributed by atoms with Crippen LogP contribution < -0.4 is 10.6 Å². The number of hydrogen-bond acceptors (Lipinski definition) is 6. The Morgan fingerprint density at radius 3 is 2.62 bits per heavy atom. The van der Waals surface area contributed by atoms with Crippen LogP contribution in [0.5, 0.6) is 0 Å². The molecule has 3 heterocycles. The second kappa shape index (κ2) is 9.40. The maximum absolute atomic E-state index is 13.0. The summed E-state index contributed by atoms with van der Waals surface area (Å²) in [5, 5.41) is 6.16. The van der Waals surface area contributed by atoms with Gasteiger partial charge in [0.05, 0.1) is 19.3 Å². The summed E-state index contributed by atoms with van der Waals surface area (Å²) < 4.78 is 11.7. The molecular formula is C26H35N3O5. The molecule has 3 amide bonds. The number of ether oxygens (including phenoxy) is 2. The van der Waals surface area contributed by atoms with Crippen molar-refractivity contribution in [2.45, 2.75) is 89.3 Å². The minimum absolute atomic E-state index is 0.117. The van der Waals surface area contributed by atoms with E-state index in [1.165, 1.54) is 24.8 Å². The van der Waals surface area contributed by atoms with E-state index in [1.807, 2.05) is 19.9 Å².